The fraction of sp³-hybridized carbons (Fsp3) is 0.0769. The van der Waals surface area contributed by atoms with E-state index in [1.807, 2.05) is 11.4 Å². The molecule has 0 aliphatic heterocycles. The number of Topliss-reactive ketones (excluding diaryl/α,β-unsaturated/α-hetero) is 1. The molecule has 2 aromatic rings. The molecule has 0 aliphatic rings. The molecular weight excluding hydrogens is 270 g/mol. The molecule has 90 valence electrons. The Hall–Kier alpha value is -1.83. The van der Waals surface area contributed by atoms with E-state index < -0.39 is 0 Å². The van der Waals surface area contributed by atoms with Gasteiger partial charge in [-0.2, -0.15) is 5.26 Å². The van der Waals surface area contributed by atoms with E-state index in [1.54, 1.807) is 30.3 Å². The van der Waals surface area contributed by atoms with Gasteiger partial charge >= 0.3 is 0 Å². The van der Waals surface area contributed by atoms with E-state index in [9.17, 15) is 4.79 Å². The lowest BCUT2D eigenvalue weighted by molar-refractivity contribution is 0.0925. The van der Waals surface area contributed by atoms with Crippen LogP contribution in [0.2, 0.25) is 5.02 Å². The van der Waals surface area contributed by atoms with Gasteiger partial charge in [0.05, 0.1) is 9.90 Å². The fourth-order valence-electron chi connectivity index (χ4n) is 1.38. The van der Waals surface area contributed by atoms with Crippen LogP contribution in [0.4, 0.5) is 0 Å². The average Bonchev–Trinajstić information content (AvgIpc) is 2.90. The summed E-state index contributed by atoms with van der Waals surface area (Å²) in [6, 6.07) is 10.4. The number of ketones is 1. The number of carbonyl (C=O) groups is 1. The fourth-order valence-corrected chi connectivity index (χ4v) is 2.24. The number of nitriles is 1. The molecule has 0 amide bonds. The van der Waals surface area contributed by atoms with Crippen molar-refractivity contribution < 1.29 is 9.53 Å². The number of hydrogen-bond acceptors (Lipinski definition) is 4. The summed E-state index contributed by atoms with van der Waals surface area (Å²) in [6.45, 7) is -0.102. The molecular formula is C13H8ClNO2S. The molecule has 0 aliphatic carbocycles. The Bertz CT molecular complexity index is 602. The van der Waals surface area contributed by atoms with E-state index in [0.29, 0.717) is 15.6 Å². The van der Waals surface area contributed by atoms with Crippen molar-refractivity contribution in [1.82, 2.24) is 0 Å². The predicted octanol–water partition coefficient (Wildman–Crippen LogP) is 3.53. The largest absolute Gasteiger partial charge is 0.484 e. The topological polar surface area (TPSA) is 50.1 Å². The molecule has 3 nitrogen and oxygen atoms in total. The molecule has 5 heteroatoms. The summed E-state index contributed by atoms with van der Waals surface area (Å²) in [6.07, 6.45) is 0. The van der Waals surface area contributed by atoms with Crippen molar-refractivity contribution in [3.05, 3.63) is 51.2 Å². The van der Waals surface area contributed by atoms with E-state index in [-0.39, 0.29) is 18.0 Å². The van der Waals surface area contributed by atoms with Crippen molar-refractivity contribution in [2.24, 2.45) is 0 Å². The highest BCUT2D eigenvalue weighted by atomic mass is 35.5. The van der Waals surface area contributed by atoms with Crippen molar-refractivity contribution >= 4 is 28.7 Å². The normalized spacial score (nSPS) is 9.78. The van der Waals surface area contributed by atoms with Gasteiger partial charge in [-0.25, -0.2) is 0 Å². The minimum atomic E-state index is -0.117. The Morgan fingerprint density at radius 3 is 2.89 bits per heavy atom. The van der Waals surface area contributed by atoms with Crippen LogP contribution in [0.5, 0.6) is 5.75 Å². The third-order valence-electron chi connectivity index (χ3n) is 2.24. The number of benzene rings is 1. The quantitative estimate of drug-likeness (QED) is 0.803. The summed E-state index contributed by atoms with van der Waals surface area (Å²) < 4.78 is 5.34. The molecule has 0 bridgehead atoms. The van der Waals surface area contributed by atoms with Crippen LogP contribution in [0.3, 0.4) is 0 Å². The lowest BCUT2D eigenvalue weighted by Gasteiger charge is -2.07. The average molecular weight is 278 g/mol. The van der Waals surface area contributed by atoms with Gasteiger partial charge in [-0.3, -0.25) is 4.79 Å². The van der Waals surface area contributed by atoms with Gasteiger partial charge in [0.2, 0.25) is 5.78 Å². The highest BCUT2D eigenvalue weighted by Crippen LogP contribution is 2.25. The summed E-state index contributed by atoms with van der Waals surface area (Å²) >= 11 is 7.22. The number of ether oxygens (including phenoxy) is 1. The Balaban J connectivity index is 2.10. The van der Waals surface area contributed by atoms with Gasteiger partial charge in [-0.15, -0.1) is 11.3 Å². The molecule has 0 radical (unpaired) electrons. The Morgan fingerprint density at radius 1 is 1.39 bits per heavy atom. The summed E-state index contributed by atoms with van der Waals surface area (Å²) in [5, 5.41) is 11.1. The van der Waals surface area contributed by atoms with E-state index in [0.717, 1.165) is 0 Å². The van der Waals surface area contributed by atoms with E-state index in [1.165, 1.54) is 11.3 Å². The molecule has 0 N–H and O–H groups in total. The number of halogens is 1. The van der Waals surface area contributed by atoms with Crippen molar-refractivity contribution in [3.8, 4) is 11.8 Å². The second-order valence-corrected chi connectivity index (χ2v) is 4.77. The van der Waals surface area contributed by atoms with E-state index >= 15 is 0 Å². The van der Waals surface area contributed by atoms with Gasteiger partial charge in [0.25, 0.3) is 0 Å². The molecule has 1 aromatic heterocycles. The van der Waals surface area contributed by atoms with Crippen LogP contribution in [-0.4, -0.2) is 12.4 Å². The SMILES string of the molecule is N#Cc1c(Cl)cccc1OCC(=O)c1cccs1. The smallest absolute Gasteiger partial charge is 0.210 e. The summed E-state index contributed by atoms with van der Waals surface area (Å²) in [5.74, 6) is 0.212. The number of thiophene rings is 1. The molecule has 0 saturated heterocycles. The van der Waals surface area contributed by atoms with Gasteiger partial charge in [0, 0.05) is 0 Å². The maximum Gasteiger partial charge on any atom is 0.210 e. The number of rotatable bonds is 4. The third kappa shape index (κ3) is 2.70. The van der Waals surface area contributed by atoms with Crippen LogP contribution < -0.4 is 4.74 Å². The van der Waals surface area contributed by atoms with Crippen molar-refractivity contribution in [2.75, 3.05) is 6.61 Å². The summed E-state index contributed by atoms with van der Waals surface area (Å²) in [7, 11) is 0. The van der Waals surface area contributed by atoms with E-state index in [2.05, 4.69) is 0 Å². The summed E-state index contributed by atoms with van der Waals surface area (Å²) in [5.41, 5.74) is 0.248. The first-order chi connectivity index (χ1) is 8.72. The van der Waals surface area contributed by atoms with E-state index in [4.69, 9.17) is 21.6 Å². The van der Waals surface area contributed by atoms with Gasteiger partial charge in [0.1, 0.15) is 17.4 Å². The minimum absolute atomic E-state index is 0.102. The lowest BCUT2D eigenvalue weighted by atomic mass is 10.2. The van der Waals surface area contributed by atoms with Crippen LogP contribution >= 0.6 is 22.9 Å². The molecule has 1 heterocycles. The maximum absolute atomic E-state index is 11.7. The highest BCUT2D eigenvalue weighted by molar-refractivity contribution is 7.12. The van der Waals surface area contributed by atoms with Gasteiger partial charge < -0.3 is 4.74 Å². The standard InChI is InChI=1S/C13H8ClNO2S/c14-10-3-1-4-12(9(10)7-15)17-8-11(16)13-5-2-6-18-13/h1-6H,8H2. The zero-order chi connectivity index (χ0) is 13.0. The minimum Gasteiger partial charge on any atom is -0.484 e. The zero-order valence-corrected chi connectivity index (χ0v) is 10.8. The predicted molar refractivity (Wildman–Crippen MR) is 70.3 cm³/mol. The molecule has 0 spiro atoms. The maximum atomic E-state index is 11.7. The highest BCUT2D eigenvalue weighted by Gasteiger charge is 2.11. The summed E-state index contributed by atoms with van der Waals surface area (Å²) in [4.78, 5) is 12.4. The van der Waals surface area contributed by atoms with Crippen LogP contribution in [-0.2, 0) is 0 Å². The number of hydrogen-bond donors (Lipinski definition) is 0. The Morgan fingerprint density at radius 2 is 2.22 bits per heavy atom. The number of carbonyl (C=O) groups excluding carboxylic acids is 1. The number of nitrogens with zero attached hydrogens (tertiary/aromatic N) is 1. The molecule has 0 unspecified atom stereocenters. The molecule has 1 aromatic carbocycles. The van der Waals surface area contributed by atoms with Gasteiger partial charge in [-0.05, 0) is 23.6 Å². The second kappa shape index (κ2) is 5.67. The monoisotopic (exact) mass is 277 g/mol. The van der Waals surface area contributed by atoms with Gasteiger partial charge in [0.15, 0.2) is 6.61 Å². The van der Waals surface area contributed by atoms with Crippen molar-refractivity contribution in [3.63, 3.8) is 0 Å². The van der Waals surface area contributed by atoms with Crippen LogP contribution in [0, 0.1) is 11.3 Å². The Kier molecular flexibility index (Phi) is 3.98. The zero-order valence-electron chi connectivity index (χ0n) is 9.22. The molecule has 0 atom stereocenters. The molecule has 18 heavy (non-hydrogen) atoms. The van der Waals surface area contributed by atoms with Crippen LogP contribution in [0.15, 0.2) is 35.7 Å². The molecule has 2 rings (SSSR count). The molecule has 0 fully saturated rings. The first kappa shape index (κ1) is 12.6. The van der Waals surface area contributed by atoms with Crippen LogP contribution in [0.1, 0.15) is 15.2 Å². The van der Waals surface area contributed by atoms with Crippen molar-refractivity contribution in [2.45, 2.75) is 0 Å². The van der Waals surface area contributed by atoms with Crippen molar-refractivity contribution in [1.29, 1.82) is 5.26 Å². The van der Waals surface area contributed by atoms with Gasteiger partial charge in [-0.1, -0.05) is 23.7 Å². The first-order valence-corrected chi connectivity index (χ1v) is 6.36. The third-order valence-corrected chi connectivity index (χ3v) is 3.47. The second-order valence-electron chi connectivity index (χ2n) is 3.41. The lowest BCUT2D eigenvalue weighted by Crippen LogP contribution is -2.10. The van der Waals surface area contributed by atoms with Crippen LogP contribution in [0.25, 0.3) is 0 Å². The Labute approximate surface area is 113 Å². The molecule has 0 saturated carbocycles. The first-order valence-electron chi connectivity index (χ1n) is 5.10.